The Balaban J connectivity index is 1.54. The number of rotatable bonds is 4. The first-order valence-corrected chi connectivity index (χ1v) is 8.94. The molecule has 1 aliphatic heterocycles. The summed E-state index contributed by atoms with van der Waals surface area (Å²) in [6.45, 7) is 0. The van der Waals surface area contributed by atoms with Gasteiger partial charge in [0.25, 0.3) is 0 Å². The molecule has 3 atom stereocenters. The van der Waals surface area contributed by atoms with Crippen LogP contribution in [0.2, 0.25) is 0 Å². The van der Waals surface area contributed by atoms with Crippen LogP contribution in [0.5, 0.6) is 5.75 Å². The van der Waals surface area contributed by atoms with Crippen LogP contribution in [0.1, 0.15) is 25.7 Å². The number of carbonyl (C=O) groups excluding carboxylic acids is 1. The van der Waals surface area contributed by atoms with Gasteiger partial charge in [-0.1, -0.05) is 6.42 Å². The first-order chi connectivity index (χ1) is 10.7. The maximum atomic E-state index is 12.0. The summed E-state index contributed by atoms with van der Waals surface area (Å²) in [6.07, 6.45) is 3.38. The van der Waals surface area contributed by atoms with Crippen LogP contribution in [0.3, 0.4) is 0 Å². The van der Waals surface area contributed by atoms with Gasteiger partial charge in [-0.3, -0.25) is 10.1 Å². The zero-order valence-electron chi connectivity index (χ0n) is 12.5. The minimum atomic E-state index is -0.376. The highest BCUT2D eigenvalue weighted by Gasteiger charge is 2.25. The predicted octanol–water partition coefficient (Wildman–Crippen LogP) is 1.97. The van der Waals surface area contributed by atoms with Gasteiger partial charge in [-0.05, 0) is 43.5 Å². The highest BCUT2D eigenvalue weighted by molar-refractivity contribution is 7.99. The molecule has 3 N–H and O–H groups in total. The van der Waals surface area contributed by atoms with Crippen LogP contribution in [0, 0.1) is 0 Å². The standard InChI is InChI=1S/C16H22N2O3S/c19-14-3-1-2-4-15(14)21-12-7-5-11(6-8-12)18-16(20)13-9-22-10-17-13/h5-8,13-15,17,19H,1-4,9-10H2,(H,18,20)/t13-,14?,15?/m1/s1. The Morgan fingerprint density at radius 3 is 2.73 bits per heavy atom. The molecule has 1 aromatic rings. The lowest BCUT2D eigenvalue weighted by Crippen LogP contribution is -2.37. The molecule has 2 fully saturated rings. The molecule has 120 valence electrons. The number of amides is 1. The Kier molecular flexibility index (Phi) is 5.23. The molecule has 6 heteroatoms. The number of benzene rings is 1. The second-order valence-electron chi connectivity index (χ2n) is 5.79. The van der Waals surface area contributed by atoms with E-state index in [2.05, 4.69) is 10.6 Å². The summed E-state index contributed by atoms with van der Waals surface area (Å²) in [6, 6.07) is 7.25. The Morgan fingerprint density at radius 1 is 1.27 bits per heavy atom. The Bertz CT molecular complexity index is 503. The molecule has 2 aliphatic rings. The van der Waals surface area contributed by atoms with Crippen molar-refractivity contribution in [1.29, 1.82) is 0 Å². The van der Waals surface area contributed by atoms with Crippen molar-refractivity contribution in [1.82, 2.24) is 5.32 Å². The average Bonchev–Trinajstić information content (AvgIpc) is 3.06. The molecule has 1 aliphatic carbocycles. The van der Waals surface area contributed by atoms with Crippen LogP contribution in [0.15, 0.2) is 24.3 Å². The van der Waals surface area contributed by atoms with Gasteiger partial charge in [-0.25, -0.2) is 0 Å². The third-order valence-corrected chi connectivity index (χ3v) is 5.05. The van der Waals surface area contributed by atoms with Crippen LogP contribution in [0.4, 0.5) is 5.69 Å². The van der Waals surface area contributed by atoms with Crippen molar-refractivity contribution in [3.05, 3.63) is 24.3 Å². The van der Waals surface area contributed by atoms with Crippen LogP contribution >= 0.6 is 11.8 Å². The highest BCUT2D eigenvalue weighted by Crippen LogP contribution is 2.25. The van der Waals surface area contributed by atoms with E-state index in [4.69, 9.17) is 4.74 Å². The van der Waals surface area contributed by atoms with E-state index >= 15 is 0 Å². The maximum Gasteiger partial charge on any atom is 0.242 e. The molecule has 3 rings (SSSR count). The van der Waals surface area contributed by atoms with Crippen LogP contribution in [-0.4, -0.2) is 40.9 Å². The van der Waals surface area contributed by atoms with Crippen molar-refractivity contribution in [3.8, 4) is 5.75 Å². The summed E-state index contributed by atoms with van der Waals surface area (Å²) in [4.78, 5) is 12.0. The minimum absolute atomic E-state index is 0.00127. The zero-order valence-corrected chi connectivity index (χ0v) is 13.3. The Labute approximate surface area is 134 Å². The molecular weight excluding hydrogens is 300 g/mol. The Morgan fingerprint density at radius 2 is 2.05 bits per heavy atom. The fraction of sp³-hybridized carbons (Fsp3) is 0.562. The fourth-order valence-electron chi connectivity index (χ4n) is 2.80. The SMILES string of the molecule is O=C(Nc1ccc(OC2CCCCC2O)cc1)[C@H]1CSCN1. The van der Waals surface area contributed by atoms with E-state index in [1.165, 1.54) is 0 Å². The van der Waals surface area contributed by atoms with Gasteiger partial charge in [-0.15, -0.1) is 11.8 Å². The first-order valence-electron chi connectivity index (χ1n) is 7.79. The van der Waals surface area contributed by atoms with Gasteiger partial charge in [0, 0.05) is 17.3 Å². The number of aliphatic hydroxyl groups is 1. The van der Waals surface area contributed by atoms with Crippen LogP contribution < -0.4 is 15.4 Å². The van der Waals surface area contributed by atoms with Gasteiger partial charge in [0.2, 0.25) is 5.91 Å². The molecule has 0 aromatic heterocycles. The van der Waals surface area contributed by atoms with Crippen molar-refractivity contribution < 1.29 is 14.6 Å². The number of nitrogens with one attached hydrogen (secondary N) is 2. The van der Waals surface area contributed by atoms with Gasteiger partial charge < -0.3 is 15.2 Å². The molecule has 0 spiro atoms. The largest absolute Gasteiger partial charge is 0.488 e. The minimum Gasteiger partial charge on any atom is -0.488 e. The first kappa shape index (κ1) is 15.6. The number of aliphatic hydroxyl groups excluding tert-OH is 1. The molecule has 1 saturated carbocycles. The predicted molar refractivity (Wildman–Crippen MR) is 88.2 cm³/mol. The summed E-state index contributed by atoms with van der Waals surface area (Å²) < 4.78 is 5.85. The number of thioether (sulfide) groups is 1. The van der Waals surface area contributed by atoms with E-state index in [1.54, 1.807) is 11.8 Å². The number of hydrogen-bond donors (Lipinski definition) is 3. The summed E-state index contributed by atoms with van der Waals surface area (Å²) in [5.74, 6) is 2.38. The number of ether oxygens (including phenoxy) is 1. The van der Waals surface area contributed by atoms with Crippen molar-refractivity contribution in [2.24, 2.45) is 0 Å². The van der Waals surface area contributed by atoms with E-state index in [1.807, 2.05) is 24.3 Å². The van der Waals surface area contributed by atoms with Crippen molar-refractivity contribution in [3.63, 3.8) is 0 Å². The summed E-state index contributed by atoms with van der Waals surface area (Å²) in [7, 11) is 0. The highest BCUT2D eigenvalue weighted by atomic mass is 32.2. The van der Waals surface area contributed by atoms with Crippen LogP contribution in [0.25, 0.3) is 0 Å². The van der Waals surface area contributed by atoms with Crippen LogP contribution in [-0.2, 0) is 4.79 Å². The smallest absolute Gasteiger partial charge is 0.242 e. The van der Waals surface area contributed by atoms with E-state index in [9.17, 15) is 9.90 Å². The molecular formula is C16H22N2O3S. The topological polar surface area (TPSA) is 70.6 Å². The van der Waals surface area contributed by atoms with Gasteiger partial charge >= 0.3 is 0 Å². The van der Waals surface area contributed by atoms with Gasteiger partial charge in [0.05, 0.1) is 12.1 Å². The van der Waals surface area contributed by atoms with Gasteiger partial charge in [-0.2, -0.15) is 0 Å². The monoisotopic (exact) mass is 322 g/mol. The van der Waals surface area contributed by atoms with E-state index in [0.29, 0.717) is 0 Å². The zero-order chi connectivity index (χ0) is 15.4. The third kappa shape index (κ3) is 3.94. The Hall–Kier alpha value is -1.24. The summed E-state index contributed by atoms with van der Waals surface area (Å²) >= 11 is 1.73. The fourth-order valence-corrected chi connectivity index (χ4v) is 3.74. The lowest BCUT2D eigenvalue weighted by molar-refractivity contribution is -0.117. The number of carbonyl (C=O) groups is 1. The second kappa shape index (κ2) is 7.35. The normalized spacial score (nSPS) is 28.3. The lowest BCUT2D eigenvalue weighted by atomic mass is 9.95. The van der Waals surface area contributed by atoms with Gasteiger partial charge in [0.1, 0.15) is 11.9 Å². The molecule has 0 bridgehead atoms. The summed E-state index contributed by atoms with van der Waals surface area (Å²) in [5.41, 5.74) is 0.764. The molecule has 22 heavy (non-hydrogen) atoms. The molecule has 1 saturated heterocycles. The van der Waals surface area contributed by atoms with Gasteiger partial charge in [0.15, 0.2) is 0 Å². The van der Waals surface area contributed by atoms with E-state index in [-0.39, 0.29) is 24.2 Å². The molecule has 1 heterocycles. The summed E-state index contributed by atoms with van der Waals surface area (Å²) in [5, 5.41) is 16.0. The number of anilines is 1. The quantitative estimate of drug-likeness (QED) is 0.790. The molecule has 1 aromatic carbocycles. The number of hydrogen-bond acceptors (Lipinski definition) is 5. The average molecular weight is 322 g/mol. The van der Waals surface area contributed by atoms with E-state index < -0.39 is 0 Å². The van der Waals surface area contributed by atoms with Crippen molar-refractivity contribution >= 4 is 23.4 Å². The third-order valence-electron chi connectivity index (χ3n) is 4.11. The lowest BCUT2D eigenvalue weighted by Gasteiger charge is -2.28. The van der Waals surface area contributed by atoms with E-state index in [0.717, 1.165) is 48.7 Å². The molecule has 2 unspecified atom stereocenters. The second-order valence-corrected chi connectivity index (χ2v) is 6.82. The molecule has 1 amide bonds. The molecule has 5 nitrogen and oxygen atoms in total. The molecule has 0 radical (unpaired) electrons. The van der Waals surface area contributed by atoms with Crippen molar-refractivity contribution in [2.45, 2.75) is 43.9 Å². The maximum absolute atomic E-state index is 12.0. The van der Waals surface area contributed by atoms with Crippen molar-refractivity contribution in [2.75, 3.05) is 16.9 Å².